The fourth-order valence-electron chi connectivity index (χ4n) is 4.08. The van der Waals surface area contributed by atoms with E-state index in [1.54, 1.807) is 6.92 Å². The minimum atomic E-state index is 0.0913. The molecule has 96 valence electrons. The predicted molar refractivity (Wildman–Crippen MR) is 72.0 cm³/mol. The topological polar surface area (TPSA) is 29.1 Å². The standard InChI is InChI=1S/C16H21NO/c1-12(18)17-15(14-5-3-2-4-6-14)16-9-7-13(11-16)8-10-16/h2-6,13,15H,7-11H2,1H3,(H,17,18). The van der Waals surface area contributed by atoms with Crippen molar-refractivity contribution in [2.24, 2.45) is 11.3 Å². The van der Waals surface area contributed by atoms with Gasteiger partial charge in [0.05, 0.1) is 6.04 Å². The molecule has 2 heteroatoms. The Morgan fingerprint density at radius 1 is 1.28 bits per heavy atom. The quantitative estimate of drug-likeness (QED) is 0.865. The molecule has 0 heterocycles. The summed E-state index contributed by atoms with van der Waals surface area (Å²) in [4.78, 5) is 11.5. The molecule has 0 aliphatic heterocycles. The summed E-state index contributed by atoms with van der Waals surface area (Å²) >= 11 is 0. The van der Waals surface area contributed by atoms with Crippen LogP contribution >= 0.6 is 0 Å². The van der Waals surface area contributed by atoms with E-state index in [-0.39, 0.29) is 11.9 Å². The second-order valence-electron chi connectivity index (χ2n) is 6.05. The molecule has 0 spiro atoms. The molecule has 18 heavy (non-hydrogen) atoms. The summed E-state index contributed by atoms with van der Waals surface area (Å²) in [7, 11) is 0. The van der Waals surface area contributed by atoms with Gasteiger partial charge in [-0.3, -0.25) is 4.79 Å². The van der Waals surface area contributed by atoms with Crippen LogP contribution in [0.4, 0.5) is 0 Å². The molecule has 1 aromatic rings. The van der Waals surface area contributed by atoms with Crippen LogP contribution < -0.4 is 5.32 Å². The van der Waals surface area contributed by atoms with Crippen molar-refractivity contribution in [1.29, 1.82) is 0 Å². The fourth-order valence-corrected chi connectivity index (χ4v) is 4.08. The van der Waals surface area contributed by atoms with Gasteiger partial charge in [0.2, 0.25) is 5.91 Å². The Morgan fingerprint density at radius 2 is 1.94 bits per heavy atom. The minimum Gasteiger partial charge on any atom is -0.349 e. The molecule has 1 amide bonds. The van der Waals surface area contributed by atoms with Crippen LogP contribution in [0, 0.1) is 11.3 Å². The Balaban J connectivity index is 1.93. The summed E-state index contributed by atoms with van der Waals surface area (Å²) in [6.45, 7) is 1.63. The minimum absolute atomic E-state index is 0.0913. The molecule has 2 aliphatic carbocycles. The Bertz CT molecular complexity index is 432. The van der Waals surface area contributed by atoms with Gasteiger partial charge in [-0.25, -0.2) is 0 Å². The molecule has 1 aromatic carbocycles. The molecule has 2 aliphatic rings. The Hall–Kier alpha value is -1.31. The highest BCUT2D eigenvalue weighted by atomic mass is 16.1. The summed E-state index contributed by atoms with van der Waals surface area (Å²) in [6.07, 6.45) is 6.55. The number of carbonyl (C=O) groups is 1. The van der Waals surface area contributed by atoms with Crippen LogP contribution in [0.25, 0.3) is 0 Å². The van der Waals surface area contributed by atoms with Gasteiger partial charge in [-0.2, -0.15) is 0 Å². The third-order valence-corrected chi connectivity index (χ3v) is 4.89. The van der Waals surface area contributed by atoms with Crippen molar-refractivity contribution in [3.05, 3.63) is 35.9 Å². The number of fused-ring (bicyclic) bond motifs is 2. The molecule has 2 bridgehead atoms. The van der Waals surface area contributed by atoms with Crippen LogP contribution in [0.3, 0.4) is 0 Å². The van der Waals surface area contributed by atoms with Gasteiger partial charge in [0, 0.05) is 6.92 Å². The smallest absolute Gasteiger partial charge is 0.217 e. The average Bonchev–Trinajstić information content (AvgIpc) is 2.98. The highest BCUT2D eigenvalue weighted by Gasteiger charge is 2.50. The van der Waals surface area contributed by atoms with Gasteiger partial charge >= 0.3 is 0 Å². The van der Waals surface area contributed by atoms with Gasteiger partial charge in [-0.15, -0.1) is 0 Å². The first-order valence-corrected chi connectivity index (χ1v) is 7.02. The molecule has 3 rings (SSSR count). The second-order valence-corrected chi connectivity index (χ2v) is 6.05. The van der Waals surface area contributed by atoms with Crippen LogP contribution in [0.1, 0.15) is 50.6 Å². The summed E-state index contributed by atoms with van der Waals surface area (Å²) in [5, 5.41) is 3.22. The van der Waals surface area contributed by atoms with E-state index in [9.17, 15) is 4.79 Å². The molecule has 0 saturated heterocycles. The van der Waals surface area contributed by atoms with Crippen LogP contribution in [-0.2, 0) is 4.79 Å². The highest BCUT2D eigenvalue weighted by Crippen LogP contribution is 2.59. The van der Waals surface area contributed by atoms with Crippen molar-refractivity contribution < 1.29 is 4.79 Å². The Morgan fingerprint density at radius 3 is 2.44 bits per heavy atom. The van der Waals surface area contributed by atoms with Gasteiger partial charge in [-0.05, 0) is 49.0 Å². The third-order valence-electron chi connectivity index (χ3n) is 4.89. The molecular weight excluding hydrogens is 222 g/mol. The van der Waals surface area contributed by atoms with E-state index in [1.165, 1.54) is 37.7 Å². The predicted octanol–water partition coefficient (Wildman–Crippen LogP) is 3.44. The molecule has 0 aromatic heterocycles. The molecule has 1 unspecified atom stereocenters. The van der Waals surface area contributed by atoms with E-state index < -0.39 is 0 Å². The lowest BCUT2D eigenvalue weighted by molar-refractivity contribution is -0.120. The van der Waals surface area contributed by atoms with Gasteiger partial charge in [-0.1, -0.05) is 30.3 Å². The van der Waals surface area contributed by atoms with E-state index in [2.05, 4.69) is 29.6 Å². The van der Waals surface area contributed by atoms with Crippen molar-refractivity contribution in [2.45, 2.75) is 45.1 Å². The van der Waals surface area contributed by atoms with Crippen LogP contribution in [0.15, 0.2) is 30.3 Å². The molecular formula is C16H21NO. The molecule has 0 radical (unpaired) electrons. The first kappa shape index (κ1) is 11.8. The van der Waals surface area contributed by atoms with E-state index >= 15 is 0 Å². The normalized spacial score (nSPS) is 31.3. The largest absolute Gasteiger partial charge is 0.349 e. The van der Waals surface area contributed by atoms with Gasteiger partial charge < -0.3 is 5.32 Å². The number of hydrogen-bond donors (Lipinski definition) is 1. The second kappa shape index (κ2) is 4.42. The number of benzene rings is 1. The van der Waals surface area contributed by atoms with Crippen molar-refractivity contribution in [3.63, 3.8) is 0 Å². The average molecular weight is 243 g/mol. The summed E-state index contributed by atoms with van der Waals surface area (Å²) < 4.78 is 0. The lowest BCUT2D eigenvalue weighted by Crippen LogP contribution is -2.38. The van der Waals surface area contributed by atoms with Gasteiger partial charge in [0.25, 0.3) is 0 Å². The van der Waals surface area contributed by atoms with Gasteiger partial charge in [0.1, 0.15) is 0 Å². The first-order valence-electron chi connectivity index (χ1n) is 7.02. The number of hydrogen-bond acceptors (Lipinski definition) is 1. The third kappa shape index (κ3) is 1.94. The number of rotatable bonds is 3. The van der Waals surface area contributed by atoms with E-state index in [4.69, 9.17) is 0 Å². The highest BCUT2D eigenvalue weighted by molar-refractivity contribution is 5.73. The van der Waals surface area contributed by atoms with Crippen molar-refractivity contribution in [2.75, 3.05) is 0 Å². The SMILES string of the molecule is CC(=O)NC(c1ccccc1)C12CCC(CC1)C2. The molecule has 2 nitrogen and oxygen atoms in total. The number of nitrogens with one attached hydrogen (secondary N) is 1. The molecule has 1 N–H and O–H groups in total. The van der Waals surface area contributed by atoms with Crippen molar-refractivity contribution >= 4 is 5.91 Å². The Labute approximate surface area is 109 Å². The zero-order valence-electron chi connectivity index (χ0n) is 11.0. The summed E-state index contributed by atoms with van der Waals surface area (Å²) in [5.74, 6) is 0.999. The van der Waals surface area contributed by atoms with Crippen LogP contribution in [0.2, 0.25) is 0 Å². The molecule has 1 atom stereocenters. The Kier molecular flexibility index (Phi) is 2.89. The lowest BCUT2D eigenvalue weighted by Gasteiger charge is -2.36. The monoisotopic (exact) mass is 243 g/mol. The molecule has 2 fully saturated rings. The van der Waals surface area contributed by atoms with Crippen molar-refractivity contribution in [3.8, 4) is 0 Å². The first-order chi connectivity index (χ1) is 8.70. The van der Waals surface area contributed by atoms with Gasteiger partial charge in [0.15, 0.2) is 0 Å². The summed E-state index contributed by atoms with van der Waals surface area (Å²) in [5.41, 5.74) is 1.60. The summed E-state index contributed by atoms with van der Waals surface area (Å²) in [6, 6.07) is 10.7. The van der Waals surface area contributed by atoms with Crippen molar-refractivity contribution in [1.82, 2.24) is 5.32 Å². The number of amides is 1. The van der Waals surface area contributed by atoms with Crippen LogP contribution in [0.5, 0.6) is 0 Å². The van der Waals surface area contributed by atoms with E-state index in [0.717, 1.165) is 5.92 Å². The maximum absolute atomic E-state index is 11.5. The van der Waals surface area contributed by atoms with Crippen LogP contribution in [-0.4, -0.2) is 5.91 Å². The fraction of sp³-hybridized carbons (Fsp3) is 0.562. The zero-order valence-corrected chi connectivity index (χ0v) is 11.0. The maximum atomic E-state index is 11.5. The number of carbonyl (C=O) groups excluding carboxylic acids is 1. The van der Waals surface area contributed by atoms with E-state index in [0.29, 0.717) is 5.41 Å². The lowest BCUT2D eigenvalue weighted by atomic mass is 9.74. The molecule has 2 saturated carbocycles. The van der Waals surface area contributed by atoms with E-state index in [1.807, 2.05) is 6.07 Å². The maximum Gasteiger partial charge on any atom is 0.217 e. The zero-order chi connectivity index (χ0) is 12.6.